The second-order valence-corrected chi connectivity index (χ2v) is 6.05. The van der Waals surface area contributed by atoms with E-state index in [0.717, 1.165) is 31.5 Å². The maximum Gasteiger partial charge on any atom is 0.416 e. The molecule has 0 N–H and O–H groups in total. The number of rotatable bonds is 3. The van der Waals surface area contributed by atoms with Crippen molar-refractivity contribution in [2.24, 2.45) is 0 Å². The summed E-state index contributed by atoms with van der Waals surface area (Å²) in [4.78, 5) is 13.6. The number of aromatic nitrogens is 2. The Labute approximate surface area is 142 Å². The standard InChI is InChI=1S/C17H18F3N3O2/c1-2-14(24)23-9-3-4-12(10-23)16-22-21-15(25-16)11-5-7-13(8-6-11)17(18,19)20/h5-8,12H,2-4,9-10H2,1H3. The fourth-order valence-corrected chi connectivity index (χ4v) is 2.95. The molecular formula is C17H18F3N3O2. The van der Waals surface area contributed by atoms with E-state index >= 15 is 0 Å². The number of halogens is 3. The lowest BCUT2D eigenvalue weighted by molar-refractivity contribution is -0.137. The Bertz CT molecular complexity index is 740. The van der Waals surface area contributed by atoms with Crippen molar-refractivity contribution in [3.63, 3.8) is 0 Å². The molecule has 0 spiro atoms. The van der Waals surface area contributed by atoms with Crippen molar-refractivity contribution in [2.45, 2.75) is 38.3 Å². The van der Waals surface area contributed by atoms with E-state index in [-0.39, 0.29) is 17.7 Å². The Hall–Kier alpha value is -2.38. The van der Waals surface area contributed by atoms with E-state index in [9.17, 15) is 18.0 Å². The van der Waals surface area contributed by atoms with Crippen LogP contribution in [0, 0.1) is 0 Å². The van der Waals surface area contributed by atoms with Gasteiger partial charge in [-0.1, -0.05) is 6.92 Å². The number of hydrogen-bond acceptors (Lipinski definition) is 4. The molecule has 0 radical (unpaired) electrons. The van der Waals surface area contributed by atoms with Gasteiger partial charge in [0.05, 0.1) is 11.5 Å². The fraction of sp³-hybridized carbons (Fsp3) is 0.471. The third kappa shape index (κ3) is 3.83. The number of amides is 1. The van der Waals surface area contributed by atoms with Crippen LogP contribution in [0.25, 0.3) is 11.5 Å². The fourth-order valence-electron chi connectivity index (χ4n) is 2.95. The number of hydrogen-bond donors (Lipinski definition) is 0. The minimum Gasteiger partial charge on any atom is -0.420 e. The molecule has 1 aromatic heterocycles. The molecule has 1 atom stereocenters. The van der Waals surface area contributed by atoms with Crippen LogP contribution >= 0.6 is 0 Å². The lowest BCUT2D eigenvalue weighted by atomic mass is 9.98. The minimum absolute atomic E-state index is 0.0417. The number of carbonyl (C=O) groups is 1. The number of piperidine rings is 1. The molecule has 1 unspecified atom stereocenters. The van der Waals surface area contributed by atoms with Crippen molar-refractivity contribution in [2.75, 3.05) is 13.1 Å². The highest BCUT2D eigenvalue weighted by Crippen LogP contribution is 2.32. The highest BCUT2D eigenvalue weighted by atomic mass is 19.4. The molecular weight excluding hydrogens is 335 g/mol. The van der Waals surface area contributed by atoms with Gasteiger partial charge in [-0.3, -0.25) is 4.79 Å². The zero-order valence-electron chi connectivity index (χ0n) is 13.7. The maximum absolute atomic E-state index is 12.6. The van der Waals surface area contributed by atoms with E-state index < -0.39 is 11.7 Å². The van der Waals surface area contributed by atoms with Crippen molar-refractivity contribution in [1.29, 1.82) is 0 Å². The summed E-state index contributed by atoms with van der Waals surface area (Å²) in [6.45, 7) is 3.08. The molecule has 0 saturated carbocycles. The third-order valence-corrected chi connectivity index (χ3v) is 4.33. The van der Waals surface area contributed by atoms with Gasteiger partial charge >= 0.3 is 6.18 Å². The van der Waals surface area contributed by atoms with E-state index in [0.29, 0.717) is 24.4 Å². The number of carbonyl (C=O) groups excluding carboxylic acids is 1. The molecule has 2 aromatic rings. The van der Waals surface area contributed by atoms with Crippen molar-refractivity contribution in [3.05, 3.63) is 35.7 Å². The van der Waals surface area contributed by atoms with Crippen LogP contribution in [0.2, 0.25) is 0 Å². The van der Waals surface area contributed by atoms with Crippen LogP contribution in [-0.4, -0.2) is 34.1 Å². The summed E-state index contributed by atoms with van der Waals surface area (Å²) in [6.07, 6.45) is -2.24. The Morgan fingerprint density at radius 1 is 1.28 bits per heavy atom. The molecule has 5 nitrogen and oxygen atoms in total. The zero-order chi connectivity index (χ0) is 18.0. The summed E-state index contributed by atoms with van der Waals surface area (Å²) in [7, 11) is 0. The molecule has 1 fully saturated rings. The maximum atomic E-state index is 12.6. The summed E-state index contributed by atoms with van der Waals surface area (Å²) >= 11 is 0. The van der Waals surface area contributed by atoms with E-state index in [1.54, 1.807) is 4.90 Å². The van der Waals surface area contributed by atoms with Gasteiger partial charge in [-0.15, -0.1) is 10.2 Å². The smallest absolute Gasteiger partial charge is 0.416 e. The molecule has 2 heterocycles. The van der Waals surface area contributed by atoms with Crippen molar-refractivity contribution in [3.8, 4) is 11.5 Å². The van der Waals surface area contributed by atoms with Gasteiger partial charge in [0, 0.05) is 25.1 Å². The number of benzene rings is 1. The third-order valence-electron chi connectivity index (χ3n) is 4.33. The summed E-state index contributed by atoms with van der Waals surface area (Å²) in [5, 5.41) is 7.97. The largest absolute Gasteiger partial charge is 0.420 e. The van der Waals surface area contributed by atoms with Crippen LogP contribution in [0.4, 0.5) is 13.2 Å². The molecule has 0 aliphatic carbocycles. The highest BCUT2D eigenvalue weighted by molar-refractivity contribution is 5.76. The molecule has 3 rings (SSSR count). The Morgan fingerprint density at radius 3 is 2.64 bits per heavy atom. The number of alkyl halides is 3. The van der Waals surface area contributed by atoms with E-state index in [2.05, 4.69) is 10.2 Å². The first-order chi connectivity index (χ1) is 11.9. The first kappa shape index (κ1) is 17.4. The Kier molecular flexibility index (Phi) is 4.78. The van der Waals surface area contributed by atoms with E-state index in [1.165, 1.54) is 12.1 Å². The van der Waals surface area contributed by atoms with Gasteiger partial charge in [-0.25, -0.2) is 0 Å². The van der Waals surface area contributed by atoms with Gasteiger partial charge in [0.25, 0.3) is 0 Å². The SMILES string of the molecule is CCC(=O)N1CCCC(c2nnc(-c3ccc(C(F)(F)F)cc3)o2)C1. The molecule has 1 amide bonds. The van der Waals surface area contributed by atoms with Crippen molar-refractivity contribution in [1.82, 2.24) is 15.1 Å². The van der Waals surface area contributed by atoms with Crippen LogP contribution < -0.4 is 0 Å². The van der Waals surface area contributed by atoms with Gasteiger partial charge in [-0.2, -0.15) is 13.2 Å². The summed E-state index contributed by atoms with van der Waals surface area (Å²) in [5.41, 5.74) is -0.291. The molecule has 1 aromatic carbocycles. The summed E-state index contributed by atoms with van der Waals surface area (Å²) < 4.78 is 43.5. The zero-order valence-corrected chi connectivity index (χ0v) is 13.7. The van der Waals surface area contributed by atoms with Crippen LogP contribution in [0.15, 0.2) is 28.7 Å². The molecule has 134 valence electrons. The molecule has 8 heteroatoms. The summed E-state index contributed by atoms with van der Waals surface area (Å²) in [5.74, 6) is 0.651. The second kappa shape index (κ2) is 6.85. The topological polar surface area (TPSA) is 59.2 Å². The van der Waals surface area contributed by atoms with Gasteiger partial charge < -0.3 is 9.32 Å². The molecule has 25 heavy (non-hydrogen) atoms. The molecule has 1 aliphatic rings. The Morgan fingerprint density at radius 2 is 2.00 bits per heavy atom. The normalized spacial score (nSPS) is 18.4. The quantitative estimate of drug-likeness (QED) is 0.840. The first-order valence-corrected chi connectivity index (χ1v) is 8.17. The lowest BCUT2D eigenvalue weighted by Crippen LogP contribution is -2.38. The van der Waals surface area contributed by atoms with Crippen LogP contribution in [-0.2, 0) is 11.0 Å². The highest BCUT2D eigenvalue weighted by Gasteiger charge is 2.31. The van der Waals surface area contributed by atoms with Gasteiger partial charge in [0.15, 0.2) is 0 Å². The second-order valence-electron chi connectivity index (χ2n) is 6.05. The van der Waals surface area contributed by atoms with Crippen LogP contribution in [0.5, 0.6) is 0 Å². The number of nitrogens with zero attached hydrogens (tertiary/aromatic N) is 3. The number of likely N-dealkylation sites (tertiary alicyclic amines) is 1. The van der Waals surface area contributed by atoms with Gasteiger partial charge in [-0.05, 0) is 37.1 Å². The first-order valence-electron chi connectivity index (χ1n) is 8.17. The van der Waals surface area contributed by atoms with E-state index in [1.807, 2.05) is 6.92 Å². The monoisotopic (exact) mass is 353 g/mol. The molecule has 1 saturated heterocycles. The van der Waals surface area contributed by atoms with Gasteiger partial charge in [0.1, 0.15) is 0 Å². The predicted octanol–water partition coefficient (Wildman–Crippen LogP) is 3.87. The molecule has 0 bridgehead atoms. The van der Waals surface area contributed by atoms with Crippen molar-refractivity contribution >= 4 is 5.91 Å². The van der Waals surface area contributed by atoms with Crippen LogP contribution in [0.3, 0.4) is 0 Å². The Balaban J connectivity index is 1.75. The summed E-state index contributed by atoms with van der Waals surface area (Å²) in [6, 6.07) is 4.60. The average Bonchev–Trinajstić information content (AvgIpc) is 3.10. The van der Waals surface area contributed by atoms with Crippen molar-refractivity contribution < 1.29 is 22.4 Å². The minimum atomic E-state index is -4.38. The predicted molar refractivity (Wildman–Crippen MR) is 83.6 cm³/mol. The van der Waals surface area contributed by atoms with Crippen LogP contribution in [0.1, 0.15) is 43.6 Å². The molecule has 1 aliphatic heterocycles. The van der Waals surface area contributed by atoms with E-state index in [4.69, 9.17) is 4.42 Å². The van der Waals surface area contributed by atoms with Gasteiger partial charge in [0.2, 0.25) is 17.7 Å². The average molecular weight is 353 g/mol. The lowest BCUT2D eigenvalue weighted by Gasteiger charge is -2.30.